The smallest absolute Gasteiger partial charge is 0.122 e. The zero-order valence-corrected chi connectivity index (χ0v) is 11.2. The van der Waals surface area contributed by atoms with Gasteiger partial charge in [0.2, 0.25) is 0 Å². The number of hydrogen-bond donors (Lipinski definition) is 1. The highest BCUT2D eigenvalue weighted by Crippen LogP contribution is 2.35. The van der Waals surface area contributed by atoms with E-state index in [2.05, 4.69) is 11.2 Å². The molecule has 0 radical (unpaired) electrons. The normalized spacial score (nSPS) is 17.5. The summed E-state index contributed by atoms with van der Waals surface area (Å²) in [4.78, 5) is 0. The van der Waals surface area contributed by atoms with Gasteiger partial charge in [0.15, 0.2) is 0 Å². The highest BCUT2D eigenvalue weighted by atomic mass is 16.5. The van der Waals surface area contributed by atoms with Gasteiger partial charge >= 0.3 is 0 Å². The molecule has 4 nitrogen and oxygen atoms in total. The van der Waals surface area contributed by atoms with E-state index in [1.54, 1.807) is 0 Å². The molecule has 0 spiro atoms. The van der Waals surface area contributed by atoms with Gasteiger partial charge in [0.1, 0.15) is 5.75 Å². The molecule has 2 N–H and O–H groups in total. The molecule has 3 rings (SSSR count). The number of nitrogens with two attached hydrogens (primary N) is 1. The van der Waals surface area contributed by atoms with E-state index in [0.717, 1.165) is 25.0 Å². The van der Waals surface area contributed by atoms with Gasteiger partial charge < -0.3 is 10.5 Å². The maximum atomic E-state index is 6.07. The molecule has 1 aromatic carbocycles. The van der Waals surface area contributed by atoms with Gasteiger partial charge in [-0.25, -0.2) is 0 Å². The van der Waals surface area contributed by atoms with E-state index >= 15 is 0 Å². The summed E-state index contributed by atoms with van der Waals surface area (Å²) in [6.45, 7) is 0.678. The largest absolute Gasteiger partial charge is 0.493 e. The molecule has 1 atom stereocenters. The van der Waals surface area contributed by atoms with Gasteiger partial charge in [-0.1, -0.05) is 12.1 Å². The summed E-state index contributed by atoms with van der Waals surface area (Å²) in [6.07, 6.45) is 6.84. The molecule has 100 valence electrons. The first-order valence-corrected chi connectivity index (χ1v) is 6.72. The van der Waals surface area contributed by atoms with Crippen molar-refractivity contribution in [2.24, 2.45) is 12.8 Å². The third-order valence-corrected chi connectivity index (χ3v) is 3.68. The lowest BCUT2D eigenvalue weighted by molar-refractivity contribution is 0.319. The number of benzene rings is 1. The zero-order chi connectivity index (χ0) is 13.2. The third-order valence-electron chi connectivity index (χ3n) is 3.68. The van der Waals surface area contributed by atoms with Crippen LogP contribution in [0.4, 0.5) is 0 Å². The van der Waals surface area contributed by atoms with Crippen molar-refractivity contribution in [3.63, 3.8) is 0 Å². The monoisotopic (exact) mass is 257 g/mol. The van der Waals surface area contributed by atoms with E-state index in [1.807, 2.05) is 36.3 Å². The van der Waals surface area contributed by atoms with Crippen LogP contribution in [0.2, 0.25) is 0 Å². The minimum absolute atomic E-state index is 0.178. The van der Waals surface area contributed by atoms with Crippen molar-refractivity contribution < 1.29 is 4.74 Å². The number of fused-ring (bicyclic) bond motifs is 1. The minimum atomic E-state index is 0.178. The van der Waals surface area contributed by atoms with Crippen molar-refractivity contribution in [2.45, 2.75) is 25.3 Å². The highest BCUT2D eigenvalue weighted by Gasteiger charge is 2.21. The van der Waals surface area contributed by atoms with Gasteiger partial charge in [-0.15, -0.1) is 0 Å². The Balaban J connectivity index is 1.65. The van der Waals surface area contributed by atoms with E-state index in [-0.39, 0.29) is 6.04 Å². The molecule has 1 aliphatic rings. The molecule has 2 aromatic rings. The SMILES string of the molecule is Cn1cc(CCOc2cccc3c2CCC3N)cn1. The van der Waals surface area contributed by atoms with Gasteiger partial charge in [-0.3, -0.25) is 4.68 Å². The van der Waals surface area contributed by atoms with Crippen LogP contribution >= 0.6 is 0 Å². The molecular weight excluding hydrogens is 238 g/mol. The van der Waals surface area contributed by atoms with Crippen LogP contribution in [0.15, 0.2) is 30.6 Å². The Labute approximate surface area is 113 Å². The molecule has 0 fully saturated rings. The predicted molar refractivity (Wildman–Crippen MR) is 74.1 cm³/mol. The fraction of sp³-hybridized carbons (Fsp3) is 0.400. The number of hydrogen-bond acceptors (Lipinski definition) is 3. The first-order chi connectivity index (χ1) is 9.24. The summed E-state index contributed by atoms with van der Waals surface area (Å²) < 4.78 is 7.73. The molecule has 0 saturated heterocycles. The first-order valence-electron chi connectivity index (χ1n) is 6.72. The van der Waals surface area contributed by atoms with Crippen LogP contribution in [0.1, 0.15) is 29.2 Å². The quantitative estimate of drug-likeness (QED) is 0.911. The molecule has 1 heterocycles. The van der Waals surface area contributed by atoms with Crippen LogP contribution in [0.5, 0.6) is 5.75 Å². The molecule has 0 saturated carbocycles. The van der Waals surface area contributed by atoms with Crippen molar-refractivity contribution in [3.05, 3.63) is 47.3 Å². The van der Waals surface area contributed by atoms with Crippen molar-refractivity contribution in [1.29, 1.82) is 0 Å². The summed E-state index contributed by atoms with van der Waals surface area (Å²) in [6, 6.07) is 6.36. The van der Waals surface area contributed by atoms with Crippen LogP contribution < -0.4 is 10.5 Å². The van der Waals surface area contributed by atoms with Crippen molar-refractivity contribution in [2.75, 3.05) is 6.61 Å². The summed E-state index contributed by atoms with van der Waals surface area (Å²) >= 11 is 0. The maximum Gasteiger partial charge on any atom is 0.122 e. The molecule has 0 aliphatic heterocycles. The van der Waals surface area contributed by atoms with Crippen LogP contribution in [0.25, 0.3) is 0 Å². The zero-order valence-electron chi connectivity index (χ0n) is 11.2. The van der Waals surface area contributed by atoms with E-state index < -0.39 is 0 Å². The van der Waals surface area contributed by atoms with Crippen LogP contribution in [-0.2, 0) is 19.9 Å². The second-order valence-corrected chi connectivity index (χ2v) is 5.09. The summed E-state index contributed by atoms with van der Waals surface area (Å²) in [5, 5.41) is 4.15. The second kappa shape index (κ2) is 5.05. The van der Waals surface area contributed by atoms with Crippen LogP contribution in [-0.4, -0.2) is 16.4 Å². The Morgan fingerprint density at radius 2 is 2.37 bits per heavy atom. The topological polar surface area (TPSA) is 53.1 Å². The molecular formula is C15H19N3O. The fourth-order valence-corrected chi connectivity index (χ4v) is 2.67. The Morgan fingerprint density at radius 1 is 1.47 bits per heavy atom. The molecule has 4 heteroatoms. The average molecular weight is 257 g/mol. The van der Waals surface area contributed by atoms with Crippen molar-refractivity contribution >= 4 is 0 Å². The molecule has 19 heavy (non-hydrogen) atoms. The van der Waals surface area contributed by atoms with Crippen LogP contribution in [0.3, 0.4) is 0 Å². The lowest BCUT2D eigenvalue weighted by Gasteiger charge is -2.11. The Bertz CT molecular complexity index is 577. The number of ether oxygens (including phenoxy) is 1. The summed E-state index contributed by atoms with van der Waals surface area (Å²) in [5.41, 5.74) is 9.81. The first kappa shape index (κ1) is 12.2. The second-order valence-electron chi connectivity index (χ2n) is 5.09. The molecule has 0 bridgehead atoms. The number of aryl methyl sites for hydroxylation is 1. The standard InChI is InChI=1S/C15H19N3O/c1-18-10-11(9-17-18)7-8-19-15-4-2-3-12-13(15)5-6-14(12)16/h2-4,9-10,14H,5-8,16H2,1H3. The van der Waals surface area contributed by atoms with Gasteiger partial charge in [0, 0.05) is 25.7 Å². The number of nitrogens with zero attached hydrogens (tertiary/aromatic N) is 2. The third kappa shape index (κ3) is 2.49. The lowest BCUT2D eigenvalue weighted by atomic mass is 10.1. The Kier molecular flexibility index (Phi) is 3.25. The van der Waals surface area contributed by atoms with Gasteiger partial charge in [0.05, 0.1) is 12.8 Å². The Hall–Kier alpha value is -1.81. The maximum absolute atomic E-state index is 6.07. The Morgan fingerprint density at radius 3 is 3.16 bits per heavy atom. The van der Waals surface area contributed by atoms with Gasteiger partial charge in [0.25, 0.3) is 0 Å². The predicted octanol–water partition coefficient (Wildman–Crippen LogP) is 1.99. The van der Waals surface area contributed by atoms with Gasteiger partial charge in [-0.2, -0.15) is 5.10 Å². The van der Waals surface area contributed by atoms with Gasteiger partial charge in [-0.05, 0) is 35.6 Å². The van der Waals surface area contributed by atoms with Crippen LogP contribution in [0, 0.1) is 0 Å². The van der Waals surface area contributed by atoms with E-state index in [0.29, 0.717) is 6.61 Å². The molecule has 1 unspecified atom stereocenters. The fourth-order valence-electron chi connectivity index (χ4n) is 2.67. The summed E-state index contributed by atoms with van der Waals surface area (Å²) in [5.74, 6) is 0.995. The average Bonchev–Trinajstić information content (AvgIpc) is 2.98. The number of aromatic nitrogens is 2. The van der Waals surface area contributed by atoms with E-state index in [4.69, 9.17) is 10.5 Å². The molecule has 1 aromatic heterocycles. The van der Waals surface area contributed by atoms with Crippen molar-refractivity contribution in [3.8, 4) is 5.75 Å². The lowest BCUT2D eigenvalue weighted by Crippen LogP contribution is -2.06. The number of rotatable bonds is 4. The van der Waals surface area contributed by atoms with E-state index in [9.17, 15) is 0 Å². The van der Waals surface area contributed by atoms with Crippen molar-refractivity contribution in [1.82, 2.24) is 9.78 Å². The minimum Gasteiger partial charge on any atom is -0.493 e. The molecule has 0 amide bonds. The molecule has 1 aliphatic carbocycles. The van der Waals surface area contributed by atoms with E-state index in [1.165, 1.54) is 16.7 Å². The highest BCUT2D eigenvalue weighted by molar-refractivity contribution is 5.44. The summed E-state index contributed by atoms with van der Waals surface area (Å²) in [7, 11) is 1.93.